The molecule has 0 aromatic heterocycles. The number of aryl methyl sites for hydroxylation is 1. The topological polar surface area (TPSA) is 73.9 Å². The number of ether oxygens (including phenoxy) is 3. The predicted octanol–water partition coefficient (Wildman–Crippen LogP) is 2.87. The molecule has 26 heavy (non-hydrogen) atoms. The fourth-order valence-electron chi connectivity index (χ4n) is 2.40. The number of carbonyl (C=O) groups is 2. The van der Waals surface area contributed by atoms with Crippen LogP contribution in [0.5, 0.6) is 11.5 Å². The molecule has 138 valence electrons. The molecule has 0 radical (unpaired) electrons. The zero-order chi connectivity index (χ0) is 19.1. The molecular weight excluding hydrogens is 334 g/mol. The van der Waals surface area contributed by atoms with Crippen molar-refractivity contribution < 1.29 is 23.8 Å². The second kappa shape index (κ2) is 8.89. The SMILES string of the molecule is COc1cc(C(=O)O[C@H](C)C(=O)NCc2ccccc2OC)ccc1C. The van der Waals surface area contributed by atoms with Crippen molar-refractivity contribution in [2.75, 3.05) is 14.2 Å². The molecule has 0 spiro atoms. The van der Waals surface area contributed by atoms with Crippen molar-refractivity contribution in [3.63, 3.8) is 0 Å². The summed E-state index contributed by atoms with van der Waals surface area (Å²) < 4.78 is 15.7. The van der Waals surface area contributed by atoms with Gasteiger partial charge in [-0.3, -0.25) is 4.79 Å². The minimum absolute atomic E-state index is 0.281. The van der Waals surface area contributed by atoms with Crippen molar-refractivity contribution in [1.29, 1.82) is 0 Å². The molecular formula is C20H23NO5. The van der Waals surface area contributed by atoms with Crippen molar-refractivity contribution in [1.82, 2.24) is 5.32 Å². The molecule has 2 aromatic rings. The molecule has 1 amide bonds. The minimum Gasteiger partial charge on any atom is -0.496 e. The fourth-order valence-corrected chi connectivity index (χ4v) is 2.40. The lowest BCUT2D eigenvalue weighted by Gasteiger charge is -2.15. The summed E-state index contributed by atoms with van der Waals surface area (Å²) in [5.74, 6) is 0.309. The molecule has 2 aromatic carbocycles. The second-order valence-electron chi connectivity index (χ2n) is 5.76. The van der Waals surface area contributed by atoms with E-state index >= 15 is 0 Å². The third kappa shape index (κ3) is 4.75. The standard InChI is InChI=1S/C20H23NO5/c1-13-9-10-15(11-18(13)25-4)20(23)26-14(2)19(22)21-12-16-7-5-6-8-17(16)24-3/h5-11,14H,12H2,1-4H3,(H,21,22)/t14-/m1/s1. The molecule has 0 aliphatic rings. The minimum atomic E-state index is -0.926. The van der Waals surface area contributed by atoms with Gasteiger partial charge in [0, 0.05) is 12.1 Å². The Morgan fingerprint density at radius 1 is 1.04 bits per heavy atom. The molecule has 0 heterocycles. The van der Waals surface area contributed by atoms with Gasteiger partial charge in [-0.15, -0.1) is 0 Å². The molecule has 0 aliphatic carbocycles. The van der Waals surface area contributed by atoms with E-state index in [4.69, 9.17) is 14.2 Å². The maximum absolute atomic E-state index is 12.2. The summed E-state index contributed by atoms with van der Waals surface area (Å²) in [5, 5.41) is 2.74. The van der Waals surface area contributed by atoms with Gasteiger partial charge < -0.3 is 19.5 Å². The van der Waals surface area contributed by atoms with Crippen LogP contribution < -0.4 is 14.8 Å². The van der Waals surface area contributed by atoms with Crippen LogP contribution in [0.1, 0.15) is 28.4 Å². The van der Waals surface area contributed by atoms with Crippen LogP contribution in [-0.4, -0.2) is 32.2 Å². The van der Waals surface area contributed by atoms with E-state index in [0.717, 1.165) is 11.1 Å². The first kappa shape index (κ1) is 19.3. The van der Waals surface area contributed by atoms with Crippen LogP contribution in [0, 0.1) is 6.92 Å². The van der Waals surface area contributed by atoms with E-state index in [1.54, 1.807) is 25.3 Å². The number of rotatable bonds is 7. The first-order chi connectivity index (χ1) is 12.5. The van der Waals surface area contributed by atoms with E-state index in [1.807, 2.05) is 31.2 Å². The third-order valence-corrected chi connectivity index (χ3v) is 3.94. The molecule has 6 nitrogen and oxygen atoms in total. The highest BCUT2D eigenvalue weighted by Gasteiger charge is 2.19. The quantitative estimate of drug-likeness (QED) is 0.772. The summed E-state index contributed by atoms with van der Waals surface area (Å²) in [7, 11) is 3.10. The summed E-state index contributed by atoms with van der Waals surface area (Å²) in [6.45, 7) is 3.69. The van der Waals surface area contributed by atoms with Crippen LogP contribution >= 0.6 is 0 Å². The largest absolute Gasteiger partial charge is 0.496 e. The van der Waals surface area contributed by atoms with E-state index in [-0.39, 0.29) is 12.5 Å². The summed E-state index contributed by atoms with van der Waals surface area (Å²) >= 11 is 0. The van der Waals surface area contributed by atoms with Crippen LogP contribution in [0.3, 0.4) is 0 Å². The van der Waals surface area contributed by atoms with Crippen molar-refractivity contribution >= 4 is 11.9 Å². The Morgan fingerprint density at radius 2 is 1.73 bits per heavy atom. The Morgan fingerprint density at radius 3 is 2.42 bits per heavy atom. The average Bonchev–Trinajstić information content (AvgIpc) is 2.66. The van der Waals surface area contributed by atoms with E-state index in [0.29, 0.717) is 17.1 Å². The number of hydrogen-bond donors (Lipinski definition) is 1. The Hall–Kier alpha value is -3.02. The summed E-state index contributed by atoms with van der Waals surface area (Å²) in [6.07, 6.45) is -0.926. The van der Waals surface area contributed by atoms with Crippen LogP contribution in [-0.2, 0) is 16.1 Å². The molecule has 0 bridgehead atoms. The van der Waals surface area contributed by atoms with E-state index < -0.39 is 12.1 Å². The van der Waals surface area contributed by atoms with Gasteiger partial charge in [0.15, 0.2) is 6.10 Å². The highest BCUT2D eigenvalue weighted by atomic mass is 16.5. The summed E-state index contributed by atoms with van der Waals surface area (Å²) in [4.78, 5) is 24.4. The third-order valence-electron chi connectivity index (χ3n) is 3.94. The highest BCUT2D eigenvalue weighted by Crippen LogP contribution is 2.20. The highest BCUT2D eigenvalue weighted by molar-refractivity contribution is 5.92. The fraction of sp³-hybridized carbons (Fsp3) is 0.300. The normalized spacial score (nSPS) is 11.4. The summed E-state index contributed by atoms with van der Waals surface area (Å²) in [5.41, 5.74) is 2.08. The van der Waals surface area contributed by atoms with E-state index in [1.165, 1.54) is 14.0 Å². The maximum atomic E-state index is 12.2. The molecule has 6 heteroatoms. The lowest BCUT2D eigenvalue weighted by Crippen LogP contribution is -2.35. The second-order valence-corrected chi connectivity index (χ2v) is 5.76. The lowest BCUT2D eigenvalue weighted by molar-refractivity contribution is -0.129. The number of carbonyl (C=O) groups excluding carboxylic acids is 2. The van der Waals surface area contributed by atoms with Gasteiger partial charge in [-0.1, -0.05) is 24.3 Å². The molecule has 0 saturated carbocycles. The summed E-state index contributed by atoms with van der Waals surface area (Å²) in [6, 6.07) is 12.4. The van der Waals surface area contributed by atoms with E-state index in [9.17, 15) is 9.59 Å². The molecule has 1 N–H and O–H groups in total. The van der Waals surface area contributed by atoms with Crippen LogP contribution in [0.25, 0.3) is 0 Å². The van der Waals surface area contributed by atoms with Crippen molar-refractivity contribution in [3.8, 4) is 11.5 Å². The monoisotopic (exact) mass is 357 g/mol. The van der Waals surface area contributed by atoms with Crippen LogP contribution in [0.15, 0.2) is 42.5 Å². The number of para-hydroxylation sites is 1. The Labute approximate surface area is 153 Å². The van der Waals surface area contributed by atoms with Gasteiger partial charge in [-0.05, 0) is 37.6 Å². The maximum Gasteiger partial charge on any atom is 0.339 e. The van der Waals surface area contributed by atoms with Crippen molar-refractivity contribution in [2.45, 2.75) is 26.5 Å². The van der Waals surface area contributed by atoms with Crippen LogP contribution in [0.2, 0.25) is 0 Å². The molecule has 0 unspecified atom stereocenters. The molecule has 0 fully saturated rings. The number of hydrogen-bond acceptors (Lipinski definition) is 5. The van der Waals surface area contributed by atoms with Gasteiger partial charge in [0.05, 0.1) is 19.8 Å². The molecule has 0 saturated heterocycles. The Balaban J connectivity index is 1.95. The zero-order valence-corrected chi connectivity index (χ0v) is 15.4. The predicted molar refractivity (Wildman–Crippen MR) is 97.4 cm³/mol. The Bertz CT molecular complexity index is 788. The smallest absolute Gasteiger partial charge is 0.339 e. The van der Waals surface area contributed by atoms with Crippen LogP contribution in [0.4, 0.5) is 0 Å². The van der Waals surface area contributed by atoms with Gasteiger partial charge in [0.2, 0.25) is 0 Å². The first-order valence-corrected chi connectivity index (χ1v) is 8.21. The zero-order valence-electron chi connectivity index (χ0n) is 15.4. The van der Waals surface area contributed by atoms with Gasteiger partial charge in [0.25, 0.3) is 5.91 Å². The molecule has 2 rings (SSSR count). The number of methoxy groups -OCH3 is 2. The number of nitrogens with one attached hydrogen (secondary N) is 1. The number of benzene rings is 2. The van der Waals surface area contributed by atoms with Crippen molar-refractivity contribution in [2.24, 2.45) is 0 Å². The number of esters is 1. The molecule has 1 atom stereocenters. The van der Waals surface area contributed by atoms with Gasteiger partial charge in [-0.25, -0.2) is 4.79 Å². The number of amides is 1. The van der Waals surface area contributed by atoms with Crippen molar-refractivity contribution in [3.05, 3.63) is 59.2 Å². The lowest BCUT2D eigenvalue weighted by atomic mass is 10.1. The van der Waals surface area contributed by atoms with E-state index in [2.05, 4.69) is 5.32 Å². The van der Waals surface area contributed by atoms with Gasteiger partial charge in [0.1, 0.15) is 11.5 Å². The average molecular weight is 357 g/mol. The molecule has 0 aliphatic heterocycles. The van der Waals surface area contributed by atoms with Gasteiger partial charge >= 0.3 is 5.97 Å². The first-order valence-electron chi connectivity index (χ1n) is 8.21. The Kier molecular flexibility index (Phi) is 6.60. The van der Waals surface area contributed by atoms with Gasteiger partial charge in [-0.2, -0.15) is 0 Å².